The lowest BCUT2D eigenvalue weighted by Crippen LogP contribution is -2.10. The van der Waals surface area contributed by atoms with Gasteiger partial charge in [0.1, 0.15) is 5.75 Å². The Morgan fingerprint density at radius 1 is 1.30 bits per heavy atom. The molecule has 0 unspecified atom stereocenters. The summed E-state index contributed by atoms with van der Waals surface area (Å²) in [6.45, 7) is -0.453. The van der Waals surface area contributed by atoms with Gasteiger partial charge in [0, 0.05) is 15.1 Å². The van der Waals surface area contributed by atoms with Crippen LogP contribution >= 0.6 is 27.5 Å². The molecule has 0 aliphatic heterocycles. The maximum absolute atomic E-state index is 10.7. The molecule has 116 valence electrons. The summed E-state index contributed by atoms with van der Waals surface area (Å²) in [5, 5.41) is 18.7. The van der Waals surface area contributed by atoms with Gasteiger partial charge < -0.3 is 9.84 Å². The summed E-state index contributed by atoms with van der Waals surface area (Å²) in [6, 6.07) is 14.2. The summed E-state index contributed by atoms with van der Waals surface area (Å²) in [5.74, 6) is -0.682. The van der Waals surface area contributed by atoms with E-state index in [0.717, 1.165) is 4.47 Å². The van der Waals surface area contributed by atoms with Gasteiger partial charge in [0.05, 0.1) is 11.6 Å². The van der Waals surface area contributed by atoms with E-state index in [9.17, 15) is 10.1 Å². The first-order valence-electron chi connectivity index (χ1n) is 6.51. The van der Waals surface area contributed by atoms with E-state index in [0.29, 0.717) is 27.5 Å². The molecule has 0 atom stereocenters. The molecular weight excluding hydrogens is 382 g/mol. The highest BCUT2D eigenvalue weighted by molar-refractivity contribution is 9.10. The van der Waals surface area contributed by atoms with E-state index in [4.69, 9.17) is 21.4 Å². The van der Waals surface area contributed by atoms with Gasteiger partial charge in [-0.3, -0.25) is 0 Å². The highest BCUT2D eigenvalue weighted by Crippen LogP contribution is 2.28. The van der Waals surface area contributed by atoms with E-state index >= 15 is 0 Å². The number of carbonyl (C=O) groups is 1. The van der Waals surface area contributed by atoms with Gasteiger partial charge in [-0.2, -0.15) is 5.26 Å². The molecular formula is C17H11BrClNO3. The van der Waals surface area contributed by atoms with E-state index < -0.39 is 12.6 Å². The number of hydrogen-bond acceptors (Lipinski definition) is 3. The van der Waals surface area contributed by atoms with Gasteiger partial charge in [-0.1, -0.05) is 39.7 Å². The van der Waals surface area contributed by atoms with Crippen LogP contribution in [0.5, 0.6) is 5.75 Å². The minimum absolute atomic E-state index is 0.386. The second-order valence-electron chi connectivity index (χ2n) is 4.54. The Hall–Kier alpha value is -2.29. The largest absolute Gasteiger partial charge is 0.481 e. The molecule has 0 spiro atoms. The summed E-state index contributed by atoms with van der Waals surface area (Å²) >= 11 is 9.20. The second-order valence-corrected chi connectivity index (χ2v) is 5.89. The van der Waals surface area contributed by atoms with Crippen LogP contribution in [-0.4, -0.2) is 17.7 Å². The molecule has 0 saturated carbocycles. The molecule has 0 heterocycles. The number of hydrogen-bond donors (Lipinski definition) is 1. The van der Waals surface area contributed by atoms with E-state index in [1.54, 1.807) is 48.5 Å². The smallest absolute Gasteiger partial charge is 0.341 e. The molecule has 2 rings (SSSR count). The van der Waals surface area contributed by atoms with Crippen molar-refractivity contribution in [2.24, 2.45) is 0 Å². The van der Waals surface area contributed by atoms with Gasteiger partial charge in [-0.25, -0.2) is 4.79 Å². The van der Waals surface area contributed by atoms with E-state index in [1.165, 1.54) is 0 Å². The molecule has 23 heavy (non-hydrogen) atoms. The number of benzene rings is 2. The van der Waals surface area contributed by atoms with Crippen LogP contribution in [0, 0.1) is 11.3 Å². The number of carboxylic acid groups (broad SMARTS) is 1. The predicted octanol–water partition coefficient (Wildman–Crippen LogP) is 4.63. The van der Waals surface area contributed by atoms with Crippen LogP contribution in [0.4, 0.5) is 0 Å². The fraction of sp³-hybridized carbons (Fsp3) is 0.0588. The fourth-order valence-corrected chi connectivity index (χ4v) is 2.37. The van der Waals surface area contributed by atoms with Crippen LogP contribution in [0.3, 0.4) is 0 Å². The van der Waals surface area contributed by atoms with Crippen molar-refractivity contribution in [1.82, 2.24) is 0 Å². The standard InChI is InChI=1S/C17H11BrClNO3/c18-14-3-6-16(23-10-17(21)22)12(8-14)7-13(9-20)11-1-4-15(19)5-2-11/h1-8H,10H2,(H,21,22)/b13-7+. The van der Waals surface area contributed by atoms with Crippen molar-refractivity contribution in [3.05, 3.63) is 63.1 Å². The van der Waals surface area contributed by atoms with Gasteiger partial charge in [0.25, 0.3) is 0 Å². The molecule has 1 N–H and O–H groups in total. The maximum atomic E-state index is 10.7. The van der Waals surface area contributed by atoms with Crippen LogP contribution in [0.25, 0.3) is 11.6 Å². The SMILES string of the molecule is N#C/C(=C\c1cc(Br)ccc1OCC(=O)O)c1ccc(Cl)cc1. The first-order valence-corrected chi connectivity index (χ1v) is 7.68. The molecule has 2 aromatic carbocycles. The van der Waals surface area contributed by atoms with Gasteiger partial charge in [-0.15, -0.1) is 0 Å². The zero-order chi connectivity index (χ0) is 16.8. The molecule has 0 aliphatic carbocycles. The number of aliphatic carboxylic acids is 1. The molecule has 0 saturated heterocycles. The van der Waals surface area contributed by atoms with Crippen molar-refractivity contribution in [2.45, 2.75) is 0 Å². The summed E-state index contributed by atoms with van der Waals surface area (Å²) < 4.78 is 6.05. The number of nitriles is 1. The predicted molar refractivity (Wildman–Crippen MR) is 92.2 cm³/mol. The van der Waals surface area contributed by atoms with Crippen molar-refractivity contribution in [2.75, 3.05) is 6.61 Å². The number of carboxylic acids is 1. The Balaban J connectivity index is 2.42. The highest BCUT2D eigenvalue weighted by atomic mass is 79.9. The minimum Gasteiger partial charge on any atom is -0.481 e. The Morgan fingerprint density at radius 3 is 2.61 bits per heavy atom. The normalized spacial score (nSPS) is 10.9. The minimum atomic E-state index is -1.07. The quantitative estimate of drug-likeness (QED) is 0.595. The fourth-order valence-electron chi connectivity index (χ4n) is 1.87. The molecule has 0 aromatic heterocycles. The van der Waals surface area contributed by atoms with Gasteiger partial charge in [-0.05, 0) is 42.0 Å². The molecule has 0 fully saturated rings. The van der Waals surface area contributed by atoms with E-state index in [2.05, 4.69) is 22.0 Å². The number of halogens is 2. The van der Waals surface area contributed by atoms with Crippen molar-refractivity contribution in [3.8, 4) is 11.8 Å². The summed E-state index contributed by atoms with van der Waals surface area (Å²) in [7, 11) is 0. The van der Waals surface area contributed by atoms with Crippen molar-refractivity contribution < 1.29 is 14.6 Å². The average molecular weight is 393 g/mol. The number of allylic oxidation sites excluding steroid dienone is 1. The molecule has 0 bridgehead atoms. The highest BCUT2D eigenvalue weighted by Gasteiger charge is 2.08. The molecule has 0 aliphatic rings. The van der Waals surface area contributed by atoms with Crippen molar-refractivity contribution in [3.63, 3.8) is 0 Å². The number of rotatable bonds is 5. The topological polar surface area (TPSA) is 70.3 Å². The van der Waals surface area contributed by atoms with Gasteiger partial charge in [0.2, 0.25) is 0 Å². The first kappa shape index (κ1) is 17.1. The summed E-state index contributed by atoms with van der Waals surface area (Å²) in [4.78, 5) is 10.7. The average Bonchev–Trinajstić information content (AvgIpc) is 2.52. The second kappa shape index (κ2) is 7.82. The van der Waals surface area contributed by atoms with Crippen molar-refractivity contribution >= 4 is 45.1 Å². The zero-order valence-electron chi connectivity index (χ0n) is 11.8. The lowest BCUT2D eigenvalue weighted by atomic mass is 10.0. The summed E-state index contributed by atoms with van der Waals surface area (Å²) in [5.41, 5.74) is 1.73. The third kappa shape index (κ3) is 4.85. The Morgan fingerprint density at radius 2 is 2.00 bits per heavy atom. The lowest BCUT2D eigenvalue weighted by molar-refractivity contribution is -0.139. The van der Waals surface area contributed by atoms with E-state index in [1.807, 2.05) is 0 Å². The number of nitrogens with zero attached hydrogens (tertiary/aromatic N) is 1. The summed E-state index contributed by atoms with van der Waals surface area (Å²) in [6.07, 6.45) is 1.64. The Bertz CT molecular complexity index is 794. The maximum Gasteiger partial charge on any atom is 0.341 e. The molecule has 6 heteroatoms. The zero-order valence-corrected chi connectivity index (χ0v) is 14.1. The Labute approximate surface area is 146 Å². The third-order valence-corrected chi connectivity index (χ3v) is 3.64. The van der Waals surface area contributed by atoms with Crippen molar-refractivity contribution in [1.29, 1.82) is 5.26 Å². The van der Waals surface area contributed by atoms with Gasteiger partial charge >= 0.3 is 5.97 Å². The Kier molecular flexibility index (Phi) is 5.80. The molecule has 4 nitrogen and oxygen atoms in total. The van der Waals surface area contributed by atoms with Crippen LogP contribution in [-0.2, 0) is 4.79 Å². The van der Waals surface area contributed by atoms with Crippen LogP contribution < -0.4 is 4.74 Å². The lowest BCUT2D eigenvalue weighted by Gasteiger charge is -2.08. The van der Waals surface area contributed by atoms with Crippen LogP contribution in [0.1, 0.15) is 11.1 Å². The van der Waals surface area contributed by atoms with Crippen LogP contribution in [0.15, 0.2) is 46.9 Å². The monoisotopic (exact) mass is 391 g/mol. The molecule has 0 radical (unpaired) electrons. The first-order chi connectivity index (χ1) is 11.0. The van der Waals surface area contributed by atoms with E-state index in [-0.39, 0.29) is 0 Å². The van der Waals surface area contributed by atoms with Gasteiger partial charge in [0.15, 0.2) is 6.61 Å². The molecule has 0 amide bonds. The number of ether oxygens (including phenoxy) is 1. The van der Waals surface area contributed by atoms with Crippen LogP contribution in [0.2, 0.25) is 5.02 Å². The third-order valence-electron chi connectivity index (χ3n) is 2.90. The molecule has 2 aromatic rings.